The van der Waals surface area contributed by atoms with E-state index in [-0.39, 0.29) is 30.7 Å². The van der Waals surface area contributed by atoms with E-state index in [0.29, 0.717) is 18.4 Å². The number of nitro groups is 1. The number of para-hydroxylation sites is 1. The number of carbonyl (C=O) groups is 1. The summed E-state index contributed by atoms with van der Waals surface area (Å²) in [6, 6.07) is 6.10. The van der Waals surface area contributed by atoms with E-state index in [4.69, 9.17) is 5.11 Å². The number of rotatable bonds is 7. The Morgan fingerprint density at radius 3 is 2.74 bits per heavy atom. The van der Waals surface area contributed by atoms with E-state index in [0.717, 1.165) is 0 Å². The molecule has 0 aliphatic rings. The molecular weight excluding hydrogens is 248 g/mol. The van der Waals surface area contributed by atoms with Crippen molar-refractivity contribution in [1.29, 1.82) is 0 Å². The first-order valence-electron chi connectivity index (χ1n) is 6.21. The van der Waals surface area contributed by atoms with Crippen molar-refractivity contribution < 1.29 is 14.8 Å². The fraction of sp³-hybridized carbons (Fsp3) is 0.462. The smallest absolute Gasteiger partial charge is 0.273 e. The molecule has 0 bridgehead atoms. The minimum Gasteiger partial charge on any atom is -0.396 e. The predicted molar refractivity (Wildman–Crippen MR) is 70.7 cm³/mol. The zero-order valence-corrected chi connectivity index (χ0v) is 10.8. The van der Waals surface area contributed by atoms with Crippen LogP contribution in [0, 0.1) is 10.1 Å². The van der Waals surface area contributed by atoms with Crippen LogP contribution in [0.15, 0.2) is 24.3 Å². The van der Waals surface area contributed by atoms with Gasteiger partial charge in [-0.3, -0.25) is 14.9 Å². The van der Waals surface area contributed by atoms with E-state index >= 15 is 0 Å². The molecule has 1 aromatic carbocycles. The third-order valence-corrected chi connectivity index (χ3v) is 2.87. The van der Waals surface area contributed by atoms with Gasteiger partial charge in [-0.05, 0) is 12.8 Å². The molecule has 0 aliphatic carbocycles. The lowest BCUT2D eigenvalue weighted by Gasteiger charge is -2.15. The number of aliphatic hydroxyl groups excluding tert-OH is 1. The van der Waals surface area contributed by atoms with E-state index in [2.05, 4.69) is 5.32 Å². The minimum atomic E-state index is -0.492. The molecule has 1 amide bonds. The number of benzene rings is 1. The monoisotopic (exact) mass is 266 g/mol. The highest BCUT2D eigenvalue weighted by atomic mass is 16.6. The molecular formula is C13H18N2O4. The molecule has 1 unspecified atom stereocenters. The van der Waals surface area contributed by atoms with Crippen molar-refractivity contribution >= 4 is 11.6 Å². The summed E-state index contributed by atoms with van der Waals surface area (Å²) in [7, 11) is 0. The zero-order valence-electron chi connectivity index (χ0n) is 10.8. The van der Waals surface area contributed by atoms with Crippen LogP contribution in [-0.4, -0.2) is 28.6 Å². The van der Waals surface area contributed by atoms with Gasteiger partial charge in [0.05, 0.1) is 11.3 Å². The Balaban J connectivity index is 2.69. The molecule has 19 heavy (non-hydrogen) atoms. The number of hydrogen-bond acceptors (Lipinski definition) is 4. The molecule has 2 N–H and O–H groups in total. The fourth-order valence-electron chi connectivity index (χ4n) is 1.82. The maximum absolute atomic E-state index is 11.8. The molecule has 0 saturated carbocycles. The molecule has 1 atom stereocenters. The Morgan fingerprint density at radius 1 is 1.47 bits per heavy atom. The second kappa shape index (κ2) is 7.48. The Kier molecular flexibility index (Phi) is 5.95. The molecule has 1 rings (SSSR count). The largest absolute Gasteiger partial charge is 0.396 e. The highest BCUT2D eigenvalue weighted by Gasteiger charge is 2.17. The number of hydrogen-bond donors (Lipinski definition) is 2. The molecule has 6 nitrogen and oxygen atoms in total. The summed E-state index contributed by atoms with van der Waals surface area (Å²) >= 11 is 0. The maximum Gasteiger partial charge on any atom is 0.273 e. The summed E-state index contributed by atoms with van der Waals surface area (Å²) in [4.78, 5) is 22.1. The molecule has 0 fully saturated rings. The quantitative estimate of drug-likeness (QED) is 0.576. The van der Waals surface area contributed by atoms with Gasteiger partial charge in [0, 0.05) is 24.3 Å². The van der Waals surface area contributed by atoms with Gasteiger partial charge in [0.2, 0.25) is 5.91 Å². The third-order valence-electron chi connectivity index (χ3n) is 2.87. The van der Waals surface area contributed by atoms with Gasteiger partial charge < -0.3 is 10.4 Å². The molecule has 0 aliphatic heterocycles. The van der Waals surface area contributed by atoms with Crippen LogP contribution in [0.1, 0.15) is 25.3 Å². The first-order valence-corrected chi connectivity index (χ1v) is 6.21. The number of aliphatic hydroxyl groups is 1. The maximum atomic E-state index is 11.8. The van der Waals surface area contributed by atoms with Crippen molar-refractivity contribution in [1.82, 2.24) is 5.32 Å². The van der Waals surface area contributed by atoms with Crippen molar-refractivity contribution in [3.8, 4) is 0 Å². The van der Waals surface area contributed by atoms with E-state index in [1.807, 2.05) is 6.92 Å². The first-order chi connectivity index (χ1) is 9.08. The Hall–Kier alpha value is -1.95. The lowest BCUT2D eigenvalue weighted by molar-refractivity contribution is -0.385. The van der Waals surface area contributed by atoms with Gasteiger partial charge in [0.1, 0.15) is 0 Å². The lowest BCUT2D eigenvalue weighted by Crippen LogP contribution is -2.36. The Bertz CT molecular complexity index is 448. The van der Waals surface area contributed by atoms with Crippen molar-refractivity contribution in [3.63, 3.8) is 0 Å². The normalized spacial score (nSPS) is 11.9. The highest BCUT2D eigenvalue weighted by molar-refractivity contribution is 5.80. The van der Waals surface area contributed by atoms with Gasteiger partial charge in [-0.15, -0.1) is 0 Å². The number of amides is 1. The second-order valence-corrected chi connectivity index (χ2v) is 4.25. The van der Waals surface area contributed by atoms with Crippen molar-refractivity contribution in [2.24, 2.45) is 0 Å². The number of nitrogens with zero attached hydrogens (tertiary/aromatic N) is 1. The van der Waals surface area contributed by atoms with Gasteiger partial charge in [0.15, 0.2) is 0 Å². The summed E-state index contributed by atoms with van der Waals surface area (Å²) in [5.41, 5.74) is 0.344. The van der Waals surface area contributed by atoms with E-state index in [1.165, 1.54) is 6.07 Å². The van der Waals surface area contributed by atoms with Gasteiger partial charge in [0.25, 0.3) is 5.69 Å². The second-order valence-electron chi connectivity index (χ2n) is 4.25. The van der Waals surface area contributed by atoms with Crippen LogP contribution in [0.25, 0.3) is 0 Å². The van der Waals surface area contributed by atoms with Crippen molar-refractivity contribution in [2.75, 3.05) is 6.61 Å². The average Bonchev–Trinajstić information content (AvgIpc) is 2.38. The minimum absolute atomic E-state index is 0.00424. The summed E-state index contributed by atoms with van der Waals surface area (Å²) in [5.74, 6) is -0.269. The molecule has 1 aromatic rings. The molecule has 0 heterocycles. The lowest BCUT2D eigenvalue weighted by atomic mass is 10.1. The van der Waals surface area contributed by atoms with E-state index in [1.54, 1.807) is 18.2 Å². The van der Waals surface area contributed by atoms with Gasteiger partial charge >= 0.3 is 0 Å². The molecule has 6 heteroatoms. The SMILES string of the molecule is CCC(CCO)NC(=O)Cc1ccccc1[N+](=O)[O-]. The molecule has 0 radical (unpaired) electrons. The predicted octanol–water partition coefficient (Wildman–Crippen LogP) is 1.41. The number of nitro benzene ring substituents is 1. The van der Waals surface area contributed by atoms with Crippen LogP contribution in [0.3, 0.4) is 0 Å². The van der Waals surface area contributed by atoms with Crippen molar-refractivity contribution in [3.05, 3.63) is 39.9 Å². The van der Waals surface area contributed by atoms with Crippen LogP contribution in [0.5, 0.6) is 0 Å². The van der Waals surface area contributed by atoms with Crippen LogP contribution in [-0.2, 0) is 11.2 Å². The number of carbonyl (C=O) groups excluding carboxylic acids is 1. The summed E-state index contributed by atoms with van der Waals surface area (Å²) in [6.45, 7) is 1.91. The highest BCUT2D eigenvalue weighted by Crippen LogP contribution is 2.18. The first kappa shape index (κ1) is 15.1. The van der Waals surface area contributed by atoms with Gasteiger partial charge in [-0.25, -0.2) is 0 Å². The Morgan fingerprint density at radius 2 is 2.16 bits per heavy atom. The van der Waals surface area contributed by atoms with Crippen LogP contribution < -0.4 is 5.32 Å². The van der Waals surface area contributed by atoms with Crippen LogP contribution in [0.2, 0.25) is 0 Å². The molecule has 0 saturated heterocycles. The summed E-state index contributed by atoms with van der Waals surface area (Å²) in [6.07, 6.45) is 1.17. The topological polar surface area (TPSA) is 92.5 Å². The number of nitrogens with one attached hydrogen (secondary N) is 1. The standard InChI is InChI=1S/C13H18N2O4/c1-2-11(7-8-16)14-13(17)9-10-5-3-4-6-12(10)15(18)19/h3-6,11,16H,2,7-9H2,1H3,(H,14,17). The molecule has 104 valence electrons. The zero-order chi connectivity index (χ0) is 14.3. The van der Waals surface area contributed by atoms with E-state index in [9.17, 15) is 14.9 Å². The summed E-state index contributed by atoms with van der Waals surface area (Å²) < 4.78 is 0. The summed E-state index contributed by atoms with van der Waals surface area (Å²) in [5, 5.41) is 22.4. The van der Waals surface area contributed by atoms with Gasteiger partial charge in [-0.2, -0.15) is 0 Å². The van der Waals surface area contributed by atoms with Gasteiger partial charge in [-0.1, -0.05) is 25.1 Å². The third kappa shape index (κ3) is 4.67. The van der Waals surface area contributed by atoms with Crippen LogP contribution in [0.4, 0.5) is 5.69 Å². The van der Waals surface area contributed by atoms with Crippen LogP contribution >= 0.6 is 0 Å². The average molecular weight is 266 g/mol. The van der Waals surface area contributed by atoms with Crippen molar-refractivity contribution in [2.45, 2.75) is 32.2 Å². The van der Waals surface area contributed by atoms with E-state index < -0.39 is 4.92 Å². The molecule has 0 spiro atoms. The Labute approximate surface area is 111 Å². The fourth-order valence-corrected chi connectivity index (χ4v) is 1.82. The molecule has 0 aromatic heterocycles.